The summed E-state index contributed by atoms with van der Waals surface area (Å²) in [5, 5.41) is 3.88. The van der Waals surface area contributed by atoms with Crippen LogP contribution in [0.2, 0.25) is 0 Å². The van der Waals surface area contributed by atoms with Gasteiger partial charge in [-0.3, -0.25) is 0 Å². The molecule has 0 radical (unpaired) electrons. The molecule has 0 aliphatic carbocycles. The molecule has 0 fully saturated rings. The predicted molar refractivity (Wildman–Crippen MR) is 83.4 cm³/mol. The molecule has 0 bridgehead atoms. The van der Waals surface area contributed by atoms with E-state index in [-0.39, 0.29) is 17.5 Å². The average Bonchev–Trinajstić information content (AvgIpc) is 2.94. The Kier molecular flexibility index (Phi) is 5.34. The fourth-order valence-electron chi connectivity index (χ4n) is 1.72. The molecule has 1 N–H and O–H groups in total. The molecule has 0 amide bonds. The summed E-state index contributed by atoms with van der Waals surface area (Å²) in [4.78, 5) is 0.222. The molecule has 1 aromatic heterocycles. The van der Waals surface area contributed by atoms with Gasteiger partial charge in [-0.1, -0.05) is 12.1 Å². The van der Waals surface area contributed by atoms with Crippen molar-refractivity contribution in [2.45, 2.75) is 11.0 Å². The Labute approximate surface area is 131 Å². The van der Waals surface area contributed by atoms with Gasteiger partial charge in [-0.25, -0.2) is 13.1 Å². The van der Waals surface area contributed by atoms with E-state index in [1.807, 2.05) is 16.8 Å². The molecule has 0 unspecified atom stereocenters. The molecule has 4 nitrogen and oxygen atoms in total. The molecular weight excluding hydrogens is 362 g/mol. The molecule has 0 aliphatic heterocycles. The summed E-state index contributed by atoms with van der Waals surface area (Å²) < 4.78 is 32.9. The highest BCUT2D eigenvalue weighted by Gasteiger charge is 2.20. The SMILES string of the molecule is CO[C@H](CNS(=O)(=O)c1ccccc1Br)c1ccsc1. The lowest BCUT2D eigenvalue weighted by Crippen LogP contribution is -2.29. The molecule has 0 aliphatic rings. The maximum Gasteiger partial charge on any atom is 0.241 e. The van der Waals surface area contributed by atoms with Crippen molar-refractivity contribution in [3.05, 3.63) is 51.1 Å². The third-order valence-corrected chi connectivity index (χ3v) is 5.92. The average molecular weight is 376 g/mol. The second-order valence-corrected chi connectivity index (χ2v) is 7.43. The van der Waals surface area contributed by atoms with E-state index in [0.717, 1.165) is 5.56 Å². The summed E-state index contributed by atoms with van der Waals surface area (Å²) in [7, 11) is -2.00. The van der Waals surface area contributed by atoms with Gasteiger partial charge >= 0.3 is 0 Å². The summed E-state index contributed by atoms with van der Waals surface area (Å²) in [6.07, 6.45) is -0.293. The molecule has 1 heterocycles. The van der Waals surface area contributed by atoms with Gasteiger partial charge in [0.15, 0.2) is 0 Å². The maximum absolute atomic E-state index is 12.2. The topological polar surface area (TPSA) is 55.4 Å². The summed E-state index contributed by atoms with van der Waals surface area (Å²) in [5.41, 5.74) is 0.965. The number of sulfonamides is 1. The van der Waals surface area contributed by atoms with Crippen LogP contribution in [-0.2, 0) is 14.8 Å². The number of nitrogens with one attached hydrogen (secondary N) is 1. The van der Waals surface area contributed by atoms with Crippen LogP contribution in [-0.4, -0.2) is 22.1 Å². The summed E-state index contributed by atoms with van der Waals surface area (Å²) >= 11 is 4.80. The zero-order valence-electron chi connectivity index (χ0n) is 10.7. The Morgan fingerprint density at radius 2 is 2.10 bits per heavy atom. The lowest BCUT2D eigenvalue weighted by atomic mass is 10.2. The van der Waals surface area contributed by atoms with Crippen LogP contribution in [0.3, 0.4) is 0 Å². The molecule has 1 atom stereocenters. The highest BCUT2D eigenvalue weighted by atomic mass is 79.9. The lowest BCUT2D eigenvalue weighted by Gasteiger charge is -2.15. The summed E-state index contributed by atoms with van der Waals surface area (Å²) in [6, 6.07) is 8.63. The highest BCUT2D eigenvalue weighted by Crippen LogP contribution is 2.23. The Hall–Kier alpha value is -0.730. The largest absolute Gasteiger partial charge is 0.375 e. The standard InChI is InChI=1S/C13H14BrNO3S2/c1-18-12(10-6-7-19-9-10)8-15-20(16,17)13-5-3-2-4-11(13)14/h2-7,9,12,15H,8H2,1H3/t12-/m1/s1. The number of benzene rings is 1. The molecule has 0 saturated heterocycles. The van der Waals surface area contributed by atoms with Crippen LogP contribution in [0.1, 0.15) is 11.7 Å². The summed E-state index contributed by atoms with van der Waals surface area (Å²) in [5.74, 6) is 0. The number of rotatable bonds is 6. The van der Waals surface area contributed by atoms with Crippen molar-refractivity contribution < 1.29 is 13.2 Å². The first kappa shape index (κ1) is 15.7. The minimum atomic E-state index is -3.56. The zero-order valence-corrected chi connectivity index (χ0v) is 14.0. The molecule has 1 aromatic carbocycles. The van der Waals surface area contributed by atoms with Crippen molar-refractivity contribution >= 4 is 37.3 Å². The van der Waals surface area contributed by atoms with Gasteiger partial charge in [0.05, 0.1) is 11.0 Å². The van der Waals surface area contributed by atoms with Gasteiger partial charge in [-0.15, -0.1) is 0 Å². The molecule has 20 heavy (non-hydrogen) atoms. The minimum Gasteiger partial charge on any atom is -0.375 e. The molecule has 7 heteroatoms. The van der Waals surface area contributed by atoms with Crippen LogP contribution in [0.4, 0.5) is 0 Å². The molecule has 0 spiro atoms. The van der Waals surface area contributed by atoms with Crippen LogP contribution < -0.4 is 4.72 Å². The van der Waals surface area contributed by atoms with E-state index in [0.29, 0.717) is 4.47 Å². The van der Waals surface area contributed by atoms with Crippen molar-refractivity contribution in [1.82, 2.24) is 4.72 Å². The lowest BCUT2D eigenvalue weighted by molar-refractivity contribution is 0.107. The fourth-order valence-corrected chi connectivity index (χ4v) is 4.46. The van der Waals surface area contributed by atoms with Gasteiger partial charge in [0.1, 0.15) is 0 Å². The zero-order chi connectivity index (χ0) is 14.6. The van der Waals surface area contributed by atoms with Gasteiger partial charge in [0.2, 0.25) is 10.0 Å². The van der Waals surface area contributed by atoms with Crippen LogP contribution in [0.5, 0.6) is 0 Å². The predicted octanol–water partition coefficient (Wildman–Crippen LogP) is 3.18. The number of hydrogen-bond acceptors (Lipinski definition) is 4. The quantitative estimate of drug-likeness (QED) is 0.843. The minimum absolute atomic E-state index is 0.191. The van der Waals surface area contributed by atoms with Crippen LogP contribution >= 0.6 is 27.3 Å². The number of thiophene rings is 1. The second kappa shape index (κ2) is 6.82. The summed E-state index contributed by atoms with van der Waals surface area (Å²) in [6.45, 7) is 0.191. The van der Waals surface area contributed by atoms with E-state index < -0.39 is 10.0 Å². The number of ether oxygens (including phenoxy) is 1. The van der Waals surface area contributed by atoms with Crippen LogP contribution in [0, 0.1) is 0 Å². The van der Waals surface area contributed by atoms with Gasteiger partial charge in [-0.2, -0.15) is 11.3 Å². The first-order valence-corrected chi connectivity index (χ1v) is 9.05. The van der Waals surface area contributed by atoms with Crippen molar-refractivity contribution in [2.24, 2.45) is 0 Å². The monoisotopic (exact) mass is 375 g/mol. The fraction of sp³-hybridized carbons (Fsp3) is 0.231. The Morgan fingerprint density at radius 1 is 1.35 bits per heavy atom. The first-order valence-electron chi connectivity index (χ1n) is 5.83. The van der Waals surface area contributed by atoms with Crippen molar-refractivity contribution in [3.63, 3.8) is 0 Å². The van der Waals surface area contributed by atoms with Crippen molar-refractivity contribution in [2.75, 3.05) is 13.7 Å². The molecule has 2 rings (SSSR count). The van der Waals surface area contributed by atoms with Gasteiger partial charge in [0.25, 0.3) is 0 Å². The van der Waals surface area contributed by atoms with E-state index in [1.54, 1.807) is 42.7 Å². The number of halogens is 1. The molecule has 2 aromatic rings. The molecular formula is C13H14BrNO3S2. The third kappa shape index (κ3) is 3.67. The van der Waals surface area contributed by atoms with E-state index >= 15 is 0 Å². The van der Waals surface area contributed by atoms with Crippen molar-refractivity contribution in [1.29, 1.82) is 0 Å². The van der Waals surface area contributed by atoms with Crippen molar-refractivity contribution in [3.8, 4) is 0 Å². The molecule has 0 saturated carbocycles. The highest BCUT2D eigenvalue weighted by molar-refractivity contribution is 9.10. The van der Waals surface area contributed by atoms with Gasteiger partial charge < -0.3 is 4.74 Å². The third-order valence-electron chi connectivity index (χ3n) is 2.78. The Bertz CT molecular complexity index is 656. The normalized spacial score (nSPS) is 13.3. The van der Waals surface area contributed by atoms with Crippen LogP contribution in [0.25, 0.3) is 0 Å². The van der Waals surface area contributed by atoms with E-state index in [2.05, 4.69) is 20.7 Å². The number of hydrogen-bond donors (Lipinski definition) is 1. The van der Waals surface area contributed by atoms with E-state index in [9.17, 15) is 8.42 Å². The van der Waals surface area contributed by atoms with Crippen LogP contribution in [0.15, 0.2) is 50.5 Å². The van der Waals surface area contributed by atoms with E-state index in [1.165, 1.54) is 0 Å². The van der Waals surface area contributed by atoms with Gasteiger partial charge in [-0.05, 0) is 50.5 Å². The Balaban J connectivity index is 2.12. The van der Waals surface area contributed by atoms with Gasteiger partial charge in [0, 0.05) is 18.1 Å². The van der Waals surface area contributed by atoms with E-state index in [4.69, 9.17) is 4.74 Å². The molecule has 108 valence electrons. The maximum atomic E-state index is 12.2. The number of methoxy groups -OCH3 is 1. The smallest absolute Gasteiger partial charge is 0.241 e. The second-order valence-electron chi connectivity index (χ2n) is 4.06. The Morgan fingerprint density at radius 3 is 2.70 bits per heavy atom. The first-order chi connectivity index (χ1) is 9.54.